The summed E-state index contributed by atoms with van der Waals surface area (Å²) in [7, 11) is 1.72. The van der Waals surface area contributed by atoms with Crippen LogP contribution >= 0.6 is 0 Å². The van der Waals surface area contributed by atoms with Gasteiger partial charge in [-0.15, -0.1) is 0 Å². The molecule has 27 fully saturated rings. The quantitative estimate of drug-likeness (QED) is 0.202. The summed E-state index contributed by atoms with van der Waals surface area (Å²) in [5, 5.41) is 8.67. The molecule has 0 aromatic heterocycles. The highest BCUT2D eigenvalue weighted by Gasteiger charge is 2.60. The molecule has 0 amide bonds. The maximum Gasteiger partial charge on any atom is 0.118 e. The highest BCUT2D eigenvalue weighted by molar-refractivity contribution is 6.04. The second kappa shape index (κ2) is 14.4. The van der Waals surface area contributed by atoms with Crippen LogP contribution in [0.1, 0.15) is 229 Å². The van der Waals surface area contributed by atoms with Gasteiger partial charge in [-0.05, 0) is 277 Å². The third kappa shape index (κ3) is 8.13. The molecule has 0 N–H and O–H groups in total. The Labute approximate surface area is 370 Å². The van der Waals surface area contributed by atoms with E-state index in [1.807, 2.05) is 0 Å². The highest BCUT2D eigenvalue weighted by Crippen LogP contribution is 2.68. The summed E-state index contributed by atoms with van der Waals surface area (Å²) < 4.78 is 0. The Bertz CT molecular complexity index is 1360. The SMILES string of the molecule is CC12CC(C1)C2.CC12CC(C1)C2.CC12CC(C1)C2.CC12CC(C1)C2.CC12CC(C1)C2.CC12CC(C1)C2.CC12CC(C1)C2.CC=CC12CC(C1)C2.CN=C(C#N)C12CC(C1)C2. The van der Waals surface area contributed by atoms with Gasteiger partial charge < -0.3 is 0 Å². The van der Waals surface area contributed by atoms with E-state index in [0.29, 0.717) is 0 Å². The van der Waals surface area contributed by atoms with Crippen LogP contribution in [0.4, 0.5) is 0 Å². The van der Waals surface area contributed by atoms with Gasteiger partial charge in [-0.3, -0.25) is 4.99 Å². The zero-order chi connectivity index (χ0) is 42.2. The van der Waals surface area contributed by atoms with Gasteiger partial charge in [0.2, 0.25) is 0 Å². The van der Waals surface area contributed by atoms with Crippen LogP contribution in [0.2, 0.25) is 0 Å². The van der Waals surface area contributed by atoms with E-state index in [0.717, 1.165) is 60.9 Å². The highest BCUT2D eigenvalue weighted by atomic mass is 14.8. The molecule has 2 nitrogen and oxygen atoms in total. The Morgan fingerprint density at radius 2 is 0.567 bits per heavy atom. The van der Waals surface area contributed by atoms with E-state index in [4.69, 9.17) is 5.26 Å². The minimum Gasteiger partial charge on any atom is -0.281 e. The molecular weight excluding hydrogens is 725 g/mol. The molecule has 2 heteroatoms. The van der Waals surface area contributed by atoms with Gasteiger partial charge in [0.25, 0.3) is 0 Å². The second-order valence-electron chi connectivity index (χ2n) is 29.8. The lowest BCUT2D eigenvalue weighted by Gasteiger charge is -2.60. The lowest BCUT2D eigenvalue weighted by Crippen LogP contribution is -2.56. The third-order valence-electron chi connectivity index (χ3n) is 21.9. The van der Waals surface area contributed by atoms with Crippen LogP contribution in [0, 0.1) is 113 Å². The molecule has 18 bridgehead atoms. The van der Waals surface area contributed by atoms with Crippen molar-refractivity contribution in [3.63, 3.8) is 0 Å². The lowest BCUT2D eigenvalue weighted by atomic mass is 9.43. The molecule has 27 saturated carbocycles. The Balaban J connectivity index is 0.0000000816. The van der Waals surface area contributed by atoms with E-state index < -0.39 is 0 Å². The number of nitriles is 1. The number of rotatable bonds is 2. The first-order valence-electron chi connectivity index (χ1n) is 26.7. The maximum atomic E-state index is 8.67. The number of aliphatic imine (C=N–C) groups is 1. The van der Waals surface area contributed by atoms with Crippen LogP contribution in [-0.4, -0.2) is 12.8 Å². The third-order valence-corrected chi connectivity index (χ3v) is 21.9. The Kier molecular flexibility index (Phi) is 10.3. The van der Waals surface area contributed by atoms with Crippen molar-refractivity contribution in [3.05, 3.63) is 12.2 Å². The van der Waals surface area contributed by atoms with Gasteiger partial charge in [0.15, 0.2) is 0 Å². The fourth-order valence-corrected chi connectivity index (χ4v) is 17.7. The number of hydrogen-bond acceptors (Lipinski definition) is 2. The van der Waals surface area contributed by atoms with Gasteiger partial charge in [0, 0.05) is 12.5 Å². The standard InChI is InChI=1S/C8H10N2.C8H12.7C6H10/c1-10-7(5-9)8-2-6(3-8)4-8;1-2-3-8-4-7(5-8)6-8;7*1-6-2-5(3-6)4-6/h6H,2-4H2,1H3;2-3,7H,4-6H2,1H3;7*5H,2-4H2,1H3. The molecule has 0 spiro atoms. The molecule has 0 heterocycles. The first-order chi connectivity index (χ1) is 28.1. The molecule has 0 unspecified atom stereocenters. The van der Waals surface area contributed by atoms with Crippen LogP contribution in [0.25, 0.3) is 0 Å². The summed E-state index contributed by atoms with van der Waals surface area (Å²) in [4.78, 5) is 3.99. The van der Waals surface area contributed by atoms with Crippen molar-refractivity contribution in [1.82, 2.24) is 0 Å². The molecule has 0 aromatic rings. The van der Waals surface area contributed by atoms with Crippen molar-refractivity contribution in [2.75, 3.05) is 7.05 Å². The largest absolute Gasteiger partial charge is 0.281 e. The first-order valence-corrected chi connectivity index (χ1v) is 26.7. The monoisotopic (exact) mass is 817 g/mol. The van der Waals surface area contributed by atoms with E-state index in [1.54, 1.807) is 142 Å². The van der Waals surface area contributed by atoms with Crippen LogP contribution in [0.5, 0.6) is 0 Å². The average Bonchev–Trinajstić information content (AvgIpc) is 2.94. The predicted molar refractivity (Wildman–Crippen MR) is 251 cm³/mol. The summed E-state index contributed by atoms with van der Waals surface area (Å²) >= 11 is 0. The Morgan fingerprint density at radius 1 is 0.383 bits per heavy atom. The molecule has 0 radical (unpaired) electrons. The van der Waals surface area contributed by atoms with Gasteiger partial charge in [-0.1, -0.05) is 60.6 Å². The number of nitrogens with zero attached hydrogens (tertiary/aromatic N) is 2. The molecular formula is C58H92N2. The van der Waals surface area contributed by atoms with E-state index in [9.17, 15) is 0 Å². The van der Waals surface area contributed by atoms with Crippen molar-refractivity contribution < 1.29 is 0 Å². The summed E-state index contributed by atoms with van der Waals surface area (Å²) in [6.07, 6.45) is 45.3. The van der Waals surface area contributed by atoms with Gasteiger partial charge in [-0.25, -0.2) is 0 Å². The number of hydrogen-bond donors (Lipinski definition) is 0. The first kappa shape index (κ1) is 42.8. The van der Waals surface area contributed by atoms with E-state index in [-0.39, 0.29) is 5.41 Å². The van der Waals surface area contributed by atoms with Gasteiger partial charge in [0.05, 0.1) is 0 Å². The van der Waals surface area contributed by atoms with Crippen molar-refractivity contribution >= 4 is 5.71 Å². The Hall–Kier alpha value is -1.10. The normalized spacial score (nSPS) is 57.7. The smallest absolute Gasteiger partial charge is 0.118 e. The molecule has 0 aromatic carbocycles. The summed E-state index contributed by atoms with van der Waals surface area (Å²) in [5.41, 5.74) is 7.85. The number of allylic oxidation sites excluding steroid dienone is 2. The van der Waals surface area contributed by atoms with Gasteiger partial charge >= 0.3 is 0 Å². The van der Waals surface area contributed by atoms with Gasteiger partial charge in [-0.2, -0.15) is 5.26 Å². The Morgan fingerprint density at radius 3 is 0.600 bits per heavy atom. The fourth-order valence-electron chi connectivity index (χ4n) is 17.7. The van der Waals surface area contributed by atoms with Crippen LogP contribution in [0.15, 0.2) is 17.1 Å². The molecule has 334 valence electrons. The van der Waals surface area contributed by atoms with Crippen LogP contribution < -0.4 is 0 Å². The molecule has 0 saturated heterocycles. The lowest BCUT2D eigenvalue weighted by molar-refractivity contribution is -0.0883. The minimum atomic E-state index is 0.272. The molecule has 27 rings (SSSR count). The van der Waals surface area contributed by atoms with Crippen molar-refractivity contribution in [2.45, 2.75) is 229 Å². The average molecular weight is 817 g/mol. The zero-order valence-electron chi connectivity index (χ0n) is 40.8. The zero-order valence-corrected chi connectivity index (χ0v) is 40.8. The molecule has 60 heavy (non-hydrogen) atoms. The van der Waals surface area contributed by atoms with E-state index in [2.05, 4.69) is 78.6 Å². The molecule has 27 aliphatic carbocycles. The molecule has 27 aliphatic rings. The van der Waals surface area contributed by atoms with Crippen LogP contribution in [0.3, 0.4) is 0 Å². The van der Waals surface area contributed by atoms with Crippen LogP contribution in [-0.2, 0) is 0 Å². The van der Waals surface area contributed by atoms with Crippen molar-refractivity contribution in [1.29, 1.82) is 5.26 Å². The predicted octanol–water partition coefficient (Wildman–Crippen LogP) is 16.4. The fraction of sp³-hybridized carbons (Fsp3) is 0.931. The molecule has 0 atom stereocenters. The summed E-state index contributed by atoms with van der Waals surface area (Å²) in [6, 6.07) is 2.18. The van der Waals surface area contributed by atoms with Gasteiger partial charge in [0.1, 0.15) is 11.8 Å². The van der Waals surface area contributed by atoms with E-state index in [1.165, 1.54) is 80.0 Å². The topological polar surface area (TPSA) is 36.1 Å². The van der Waals surface area contributed by atoms with E-state index >= 15 is 0 Å². The maximum absolute atomic E-state index is 8.67. The summed E-state index contributed by atoms with van der Waals surface area (Å²) in [5.74, 6) is 10.3. The minimum absolute atomic E-state index is 0.272. The second-order valence-corrected chi connectivity index (χ2v) is 29.8. The van der Waals surface area contributed by atoms with Crippen molar-refractivity contribution in [3.8, 4) is 6.07 Å². The molecule has 0 aliphatic heterocycles. The summed E-state index contributed by atoms with van der Waals surface area (Å²) in [6.45, 7) is 18.9. The van der Waals surface area contributed by atoms with Crippen molar-refractivity contribution in [2.24, 2.45) is 107 Å².